The van der Waals surface area contributed by atoms with Gasteiger partial charge < -0.3 is 4.74 Å². The van der Waals surface area contributed by atoms with E-state index in [1.165, 1.54) is 35.2 Å². The molecule has 0 radical (unpaired) electrons. The Morgan fingerprint density at radius 1 is 1.24 bits per heavy atom. The number of aromatic nitrogens is 1. The van der Waals surface area contributed by atoms with Crippen LogP contribution in [-0.4, -0.2) is 35.1 Å². The molecule has 152 valence electrons. The van der Waals surface area contributed by atoms with E-state index >= 15 is 0 Å². The number of fused-ring (bicyclic) bond motifs is 1. The van der Waals surface area contributed by atoms with Crippen LogP contribution in [0.1, 0.15) is 39.0 Å². The first-order valence-electron chi connectivity index (χ1n) is 9.49. The van der Waals surface area contributed by atoms with E-state index in [1.807, 2.05) is 6.92 Å². The minimum absolute atomic E-state index is 0.0638. The normalized spacial score (nSPS) is 16.7. The maximum atomic E-state index is 14.8. The number of imide groups is 1. The van der Waals surface area contributed by atoms with E-state index in [0.29, 0.717) is 45.2 Å². The zero-order valence-electron chi connectivity index (χ0n) is 15.8. The number of carbonyl (C=O) groups excluding carboxylic acids is 3. The Balaban J connectivity index is 1.57. The summed E-state index contributed by atoms with van der Waals surface area (Å²) in [7, 11) is 0. The third-order valence-electron chi connectivity index (χ3n) is 4.85. The number of hydrogen-bond donors (Lipinski definition) is 0. The lowest BCUT2D eigenvalue weighted by Gasteiger charge is -2.15. The molecule has 0 saturated carbocycles. The fourth-order valence-corrected chi connectivity index (χ4v) is 5.36. The topological polar surface area (TPSA) is 76.6 Å². The number of nitrogens with zero attached hydrogens (tertiary/aromatic N) is 2. The first-order chi connectivity index (χ1) is 14.0. The van der Waals surface area contributed by atoms with Crippen molar-refractivity contribution in [1.29, 1.82) is 0 Å². The highest BCUT2D eigenvalue weighted by Crippen LogP contribution is 2.39. The molecule has 0 spiro atoms. The molecule has 9 heteroatoms. The van der Waals surface area contributed by atoms with E-state index < -0.39 is 17.6 Å². The van der Waals surface area contributed by atoms with E-state index in [0.717, 1.165) is 24.2 Å². The summed E-state index contributed by atoms with van der Waals surface area (Å²) in [6, 6.07) is 2.73. The number of amides is 2. The largest absolute Gasteiger partial charge is 0.465 e. The third kappa shape index (κ3) is 3.81. The molecule has 4 rings (SSSR count). The van der Waals surface area contributed by atoms with Crippen molar-refractivity contribution in [2.24, 2.45) is 0 Å². The van der Waals surface area contributed by atoms with Gasteiger partial charge in [0.2, 0.25) is 0 Å². The first-order valence-corrected chi connectivity index (χ1v) is 11.3. The molecule has 0 saturated heterocycles. The lowest BCUT2D eigenvalue weighted by Crippen LogP contribution is -2.32. The standard InChI is InChI=1S/C20H19FN2O4S2/c1-2-7-27-17(24)10-28-20-22-14-9-15(13(21)8-16(14)29-20)23-18(25)11-5-3-4-6-12(11)19(23)26/h8-9H,2-7,10H2,1H3. The summed E-state index contributed by atoms with van der Waals surface area (Å²) < 4.78 is 21.0. The highest BCUT2D eigenvalue weighted by atomic mass is 32.2. The Kier molecular flexibility index (Phi) is 5.69. The van der Waals surface area contributed by atoms with Crippen LogP contribution < -0.4 is 4.90 Å². The Bertz CT molecular complexity index is 1020. The predicted molar refractivity (Wildman–Crippen MR) is 110 cm³/mol. The number of rotatable bonds is 6. The maximum Gasteiger partial charge on any atom is 0.316 e. The third-order valence-corrected chi connectivity index (χ3v) is 6.98. The molecule has 29 heavy (non-hydrogen) atoms. The van der Waals surface area contributed by atoms with E-state index in [-0.39, 0.29) is 17.4 Å². The summed E-state index contributed by atoms with van der Waals surface area (Å²) in [4.78, 5) is 42.5. The van der Waals surface area contributed by atoms with E-state index in [1.54, 1.807) is 0 Å². The van der Waals surface area contributed by atoms with Crippen molar-refractivity contribution in [2.75, 3.05) is 17.3 Å². The van der Waals surface area contributed by atoms with Gasteiger partial charge in [-0.25, -0.2) is 14.3 Å². The van der Waals surface area contributed by atoms with Crippen LogP contribution in [0.15, 0.2) is 27.6 Å². The van der Waals surface area contributed by atoms with Crippen LogP contribution in [0.3, 0.4) is 0 Å². The quantitative estimate of drug-likeness (QED) is 0.385. The highest BCUT2D eigenvalue weighted by molar-refractivity contribution is 8.01. The fourth-order valence-electron chi connectivity index (χ4n) is 3.49. The number of thioether (sulfide) groups is 1. The van der Waals surface area contributed by atoms with Crippen LogP contribution in [0.2, 0.25) is 0 Å². The van der Waals surface area contributed by atoms with Crippen LogP contribution in [0.4, 0.5) is 10.1 Å². The van der Waals surface area contributed by atoms with Crippen molar-refractivity contribution < 1.29 is 23.5 Å². The van der Waals surface area contributed by atoms with Gasteiger partial charge in [0.25, 0.3) is 11.8 Å². The lowest BCUT2D eigenvalue weighted by molar-refractivity contribution is -0.140. The minimum Gasteiger partial charge on any atom is -0.465 e. The highest BCUT2D eigenvalue weighted by Gasteiger charge is 2.40. The van der Waals surface area contributed by atoms with Gasteiger partial charge in [-0.05, 0) is 44.2 Å². The number of esters is 1. The van der Waals surface area contributed by atoms with Crippen molar-refractivity contribution >= 4 is 56.8 Å². The molecule has 1 aliphatic carbocycles. The number of benzene rings is 1. The molecular formula is C20H19FN2O4S2. The van der Waals surface area contributed by atoms with Crippen molar-refractivity contribution in [1.82, 2.24) is 4.98 Å². The van der Waals surface area contributed by atoms with Crippen molar-refractivity contribution in [3.05, 3.63) is 29.1 Å². The van der Waals surface area contributed by atoms with E-state index in [2.05, 4.69) is 4.98 Å². The number of thiazole rings is 1. The molecule has 2 heterocycles. The second-order valence-corrected chi connectivity index (χ2v) is 9.12. The second-order valence-electron chi connectivity index (χ2n) is 6.87. The molecular weight excluding hydrogens is 415 g/mol. The van der Waals surface area contributed by atoms with Gasteiger partial charge in [0.15, 0.2) is 4.34 Å². The zero-order valence-corrected chi connectivity index (χ0v) is 17.5. The SMILES string of the molecule is CCCOC(=O)CSc1nc2cc(N3C(=O)C4=C(CCCC4)C3=O)c(F)cc2s1. The van der Waals surface area contributed by atoms with Gasteiger partial charge in [-0.15, -0.1) is 11.3 Å². The van der Waals surface area contributed by atoms with E-state index in [9.17, 15) is 18.8 Å². The summed E-state index contributed by atoms with van der Waals surface area (Å²) in [5.74, 6) is -1.69. The van der Waals surface area contributed by atoms with Gasteiger partial charge >= 0.3 is 5.97 Å². The zero-order chi connectivity index (χ0) is 20.5. The maximum absolute atomic E-state index is 14.8. The van der Waals surface area contributed by atoms with Crippen molar-refractivity contribution in [2.45, 2.75) is 43.4 Å². The Morgan fingerprint density at radius 3 is 2.59 bits per heavy atom. The molecule has 2 aromatic rings. The summed E-state index contributed by atoms with van der Waals surface area (Å²) in [6.07, 6.45) is 3.60. The molecule has 1 aromatic heterocycles. The molecule has 1 aliphatic heterocycles. The Labute approximate surface area is 175 Å². The van der Waals surface area contributed by atoms with Gasteiger partial charge in [0, 0.05) is 11.1 Å². The average molecular weight is 435 g/mol. The van der Waals surface area contributed by atoms with Crippen LogP contribution in [0, 0.1) is 5.82 Å². The van der Waals surface area contributed by atoms with Gasteiger partial charge in [0.05, 0.1) is 28.3 Å². The number of halogens is 1. The lowest BCUT2D eigenvalue weighted by atomic mass is 9.93. The molecule has 0 unspecified atom stereocenters. The Hall–Kier alpha value is -2.26. The molecule has 2 aliphatic rings. The minimum atomic E-state index is -0.637. The molecule has 0 atom stereocenters. The van der Waals surface area contributed by atoms with Gasteiger partial charge in [-0.3, -0.25) is 14.4 Å². The number of ether oxygens (including phenoxy) is 1. The molecule has 0 fully saturated rings. The van der Waals surface area contributed by atoms with Gasteiger partial charge in [0.1, 0.15) is 5.82 Å². The summed E-state index contributed by atoms with van der Waals surface area (Å²) in [5.41, 5.74) is 1.45. The summed E-state index contributed by atoms with van der Waals surface area (Å²) in [6.45, 7) is 2.30. The van der Waals surface area contributed by atoms with Crippen LogP contribution >= 0.6 is 23.1 Å². The molecule has 6 nitrogen and oxygen atoms in total. The van der Waals surface area contributed by atoms with Gasteiger partial charge in [-0.2, -0.15) is 0 Å². The van der Waals surface area contributed by atoms with Crippen molar-refractivity contribution in [3.63, 3.8) is 0 Å². The number of carbonyl (C=O) groups is 3. The second kappa shape index (κ2) is 8.23. The molecule has 2 amide bonds. The number of anilines is 1. The van der Waals surface area contributed by atoms with Crippen LogP contribution in [0.25, 0.3) is 10.2 Å². The first kappa shape index (κ1) is 20.0. The number of hydrogen-bond acceptors (Lipinski definition) is 7. The average Bonchev–Trinajstić information content (AvgIpc) is 3.22. The molecule has 0 bridgehead atoms. The monoisotopic (exact) mass is 434 g/mol. The van der Waals surface area contributed by atoms with Crippen LogP contribution in [0.5, 0.6) is 0 Å². The Morgan fingerprint density at radius 2 is 1.93 bits per heavy atom. The summed E-state index contributed by atoms with van der Waals surface area (Å²) in [5, 5.41) is 0. The molecule has 1 aromatic carbocycles. The van der Waals surface area contributed by atoms with E-state index in [4.69, 9.17) is 4.74 Å². The smallest absolute Gasteiger partial charge is 0.316 e. The predicted octanol–water partition coefficient (Wildman–Crippen LogP) is 4.22. The molecule has 0 N–H and O–H groups in total. The fraction of sp³-hybridized carbons (Fsp3) is 0.400. The van der Waals surface area contributed by atoms with Gasteiger partial charge in [-0.1, -0.05) is 18.7 Å². The van der Waals surface area contributed by atoms with Crippen LogP contribution in [-0.2, 0) is 19.1 Å². The summed E-state index contributed by atoms with van der Waals surface area (Å²) >= 11 is 2.48. The van der Waals surface area contributed by atoms with Crippen molar-refractivity contribution in [3.8, 4) is 0 Å².